The molecule has 4 rings (SSSR count). The number of rotatable bonds is 5. The number of aromatic carboxylic acids is 1. The Morgan fingerprint density at radius 2 is 2.08 bits per heavy atom. The van der Waals surface area contributed by atoms with E-state index in [1.54, 1.807) is 10.6 Å². The molecule has 26 heavy (non-hydrogen) atoms. The Kier molecular flexibility index (Phi) is 4.19. The van der Waals surface area contributed by atoms with Gasteiger partial charge in [0.15, 0.2) is 0 Å². The lowest BCUT2D eigenvalue weighted by atomic mass is 10.1. The van der Waals surface area contributed by atoms with Gasteiger partial charge in [-0.05, 0) is 38.3 Å². The van der Waals surface area contributed by atoms with Gasteiger partial charge in [0.25, 0.3) is 0 Å². The Balaban J connectivity index is 1.75. The Morgan fingerprint density at radius 3 is 2.73 bits per heavy atom. The number of carboxylic acid groups (broad SMARTS) is 1. The highest BCUT2D eigenvalue weighted by Crippen LogP contribution is 2.29. The summed E-state index contributed by atoms with van der Waals surface area (Å²) >= 11 is 0. The van der Waals surface area contributed by atoms with Crippen molar-refractivity contribution in [2.45, 2.75) is 44.8 Å². The van der Waals surface area contributed by atoms with Crippen molar-refractivity contribution in [2.24, 2.45) is 0 Å². The predicted molar refractivity (Wildman–Crippen MR) is 97.6 cm³/mol. The zero-order chi connectivity index (χ0) is 18.4. The molecule has 1 saturated carbocycles. The Labute approximate surface area is 150 Å². The summed E-state index contributed by atoms with van der Waals surface area (Å²) in [4.78, 5) is 25.7. The molecular weight excluding hydrogens is 337 g/mol. The summed E-state index contributed by atoms with van der Waals surface area (Å²) in [5.41, 5.74) is 0.0680. The molecule has 2 N–H and O–H groups in total. The number of nitrogens with one attached hydrogen (secondary N) is 1. The number of benzene rings is 1. The Hall–Kier alpha value is -2.41. The van der Waals surface area contributed by atoms with Gasteiger partial charge in [-0.1, -0.05) is 0 Å². The highest BCUT2D eigenvalue weighted by atomic mass is 19.1. The summed E-state index contributed by atoms with van der Waals surface area (Å²) in [5.74, 6) is -1.77. The third-order valence-corrected chi connectivity index (χ3v) is 5.30. The minimum absolute atomic E-state index is 0.111. The van der Waals surface area contributed by atoms with Gasteiger partial charge in [-0.15, -0.1) is 0 Å². The molecule has 2 aliphatic rings. The van der Waals surface area contributed by atoms with Gasteiger partial charge in [0.2, 0.25) is 5.43 Å². The summed E-state index contributed by atoms with van der Waals surface area (Å²) in [7, 11) is 0. The van der Waals surface area contributed by atoms with E-state index in [0.717, 1.165) is 19.5 Å². The maximum Gasteiger partial charge on any atom is 0.341 e. The second-order valence-electron chi connectivity index (χ2n) is 7.16. The second kappa shape index (κ2) is 6.39. The number of hydrogen-bond acceptors (Lipinski definition) is 4. The highest BCUT2D eigenvalue weighted by Gasteiger charge is 2.30. The van der Waals surface area contributed by atoms with Crippen LogP contribution in [0.3, 0.4) is 0 Å². The van der Waals surface area contributed by atoms with E-state index in [-0.39, 0.29) is 10.9 Å². The van der Waals surface area contributed by atoms with Crippen molar-refractivity contribution >= 4 is 22.6 Å². The maximum atomic E-state index is 14.8. The van der Waals surface area contributed by atoms with Crippen molar-refractivity contribution in [2.75, 3.05) is 18.0 Å². The molecule has 1 saturated heterocycles. The average molecular weight is 359 g/mol. The number of hydrogen-bond donors (Lipinski definition) is 2. The molecule has 2 aromatic rings. The van der Waals surface area contributed by atoms with Crippen molar-refractivity contribution in [3.05, 3.63) is 39.9 Å². The molecule has 6 nitrogen and oxygen atoms in total. The third-order valence-electron chi connectivity index (χ3n) is 5.30. The zero-order valence-electron chi connectivity index (χ0n) is 14.7. The quantitative estimate of drug-likeness (QED) is 0.856. The van der Waals surface area contributed by atoms with Crippen LogP contribution in [0, 0.1) is 5.82 Å². The van der Waals surface area contributed by atoms with Crippen LogP contribution < -0.4 is 15.6 Å². The number of nitrogens with zero attached hydrogens (tertiary/aromatic N) is 2. The van der Waals surface area contributed by atoms with E-state index in [4.69, 9.17) is 0 Å². The van der Waals surface area contributed by atoms with E-state index in [9.17, 15) is 19.1 Å². The number of aryl methyl sites for hydroxylation is 1. The number of aromatic nitrogens is 1. The molecule has 1 aromatic heterocycles. The van der Waals surface area contributed by atoms with Crippen molar-refractivity contribution in [1.29, 1.82) is 0 Å². The average Bonchev–Trinajstić information content (AvgIpc) is 3.30. The standard InChI is InChI=1S/C19H22FN3O3/c1-2-22-10-14(19(25)26)18(24)13-7-15(20)17(8-16(13)22)23-6-5-12(9-23)21-11-3-4-11/h7-8,10-12,21H,2-6,9H2,1H3,(H,25,26). The Bertz CT molecular complexity index is 936. The van der Waals surface area contributed by atoms with Crippen LogP contribution in [0.2, 0.25) is 0 Å². The first-order valence-corrected chi connectivity index (χ1v) is 9.09. The van der Waals surface area contributed by atoms with Gasteiger partial charge in [-0.25, -0.2) is 9.18 Å². The monoisotopic (exact) mass is 359 g/mol. The molecule has 0 radical (unpaired) electrons. The number of pyridine rings is 1. The number of carboxylic acids is 1. The second-order valence-corrected chi connectivity index (χ2v) is 7.16. The van der Waals surface area contributed by atoms with E-state index in [0.29, 0.717) is 29.8 Å². The molecule has 7 heteroatoms. The largest absolute Gasteiger partial charge is 0.477 e. The van der Waals surface area contributed by atoms with E-state index < -0.39 is 17.2 Å². The van der Waals surface area contributed by atoms with Crippen LogP contribution in [-0.2, 0) is 6.54 Å². The maximum absolute atomic E-state index is 14.8. The Morgan fingerprint density at radius 1 is 1.31 bits per heavy atom. The molecule has 0 bridgehead atoms. The van der Waals surface area contributed by atoms with Crippen LogP contribution in [0.15, 0.2) is 23.1 Å². The van der Waals surface area contributed by atoms with E-state index in [2.05, 4.69) is 5.32 Å². The van der Waals surface area contributed by atoms with Gasteiger partial charge in [0.05, 0.1) is 11.2 Å². The predicted octanol–water partition coefficient (Wildman–Crippen LogP) is 2.19. The molecule has 0 amide bonds. The van der Waals surface area contributed by atoms with Crippen molar-refractivity contribution in [3.8, 4) is 0 Å². The van der Waals surface area contributed by atoms with E-state index in [1.165, 1.54) is 25.1 Å². The van der Waals surface area contributed by atoms with Crippen LogP contribution in [0.5, 0.6) is 0 Å². The smallest absolute Gasteiger partial charge is 0.341 e. The molecule has 0 spiro atoms. The van der Waals surface area contributed by atoms with Crippen molar-refractivity contribution in [1.82, 2.24) is 9.88 Å². The number of anilines is 1. The molecule has 1 atom stereocenters. The number of halogens is 1. The molecule has 2 fully saturated rings. The molecule has 1 aliphatic heterocycles. The van der Waals surface area contributed by atoms with Gasteiger partial charge < -0.3 is 19.9 Å². The highest BCUT2D eigenvalue weighted by molar-refractivity contribution is 5.93. The first kappa shape index (κ1) is 17.0. The summed E-state index contributed by atoms with van der Waals surface area (Å²) in [6.45, 7) is 3.86. The summed E-state index contributed by atoms with van der Waals surface area (Å²) < 4.78 is 16.5. The third kappa shape index (κ3) is 2.96. The fourth-order valence-electron chi connectivity index (χ4n) is 3.75. The number of fused-ring (bicyclic) bond motifs is 1. The molecular formula is C19H22FN3O3. The lowest BCUT2D eigenvalue weighted by Crippen LogP contribution is -2.34. The van der Waals surface area contributed by atoms with Crippen LogP contribution in [0.25, 0.3) is 10.9 Å². The molecule has 138 valence electrons. The lowest BCUT2D eigenvalue weighted by Gasteiger charge is -2.21. The normalized spacial score (nSPS) is 20.1. The minimum Gasteiger partial charge on any atom is -0.477 e. The van der Waals surface area contributed by atoms with Gasteiger partial charge >= 0.3 is 5.97 Å². The molecule has 1 aliphatic carbocycles. The first-order valence-electron chi connectivity index (χ1n) is 9.09. The fourth-order valence-corrected chi connectivity index (χ4v) is 3.75. The van der Waals surface area contributed by atoms with Crippen LogP contribution >= 0.6 is 0 Å². The van der Waals surface area contributed by atoms with E-state index in [1.807, 2.05) is 11.8 Å². The van der Waals surface area contributed by atoms with Crippen molar-refractivity contribution < 1.29 is 14.3 Å². The molecule has 1 aromatic carbocycles. The molecule has 1 unspecified atom stereocenters. The van der Waals surface area contributed by atoms with Gasteiger partial charge in [-0.3, -0.25) is 4.79 Å². The van der Waals surface area contributed by atoms with Gasteiger partial charge in [0.1, 0.15) is 11.4 Å². The number of carbonyl (C=O) groups is 1. The SMILES string of the molecule is CCn1cc(C(=O)O)c(=O)c2cc(F)c(N3CCC(NC4CC4)C3)cc21. The summed E-state index contributed by atoms with van der Waals surface area (Å²) in [6, 6.07) is 3.84. The first-order chi connectivity index (χ1) is 12.5. The molecule has 2 heterocycles. The van der Waals surface area contributed by atoms with E-state index >= 15 is 0 Å². The van der Waals surface area contributed by atoms with Crippen LogP contribution in [0.4, 0.5) is 10.1 Å². The lowest BCUT2D eigenvalue weighted by molar-refractivity contribution is 0.0695. The summed E-state index contributed by atoms with van der Waals surface area (Å²) in [5, 5.41) is 12.9. The van der Waals surface area contributed by atoms with Gasteiger partial charge in [0, 0.05) is 43.3 Å². The topological polar surface area (TPSA) is 74.6 Å². The van der Waals surface area contributed by atoms with Crippen LogP contribution in [-0.4, -0.2) is 40.8 Å². The van der Waals surface area contributed by atoms with Crippen molar-refractivity contribution in [3.63, 3.8) is 0 Å². The van der Waals surface area contributed by atoms with Gasteiger partial charge in [-0.2, -0.15) is 0 Å². The minimum atomic E-state index is -1.29. The fraction of sp³-hybridized carbons (Fsp3) is 0.474. The zero-order valence-corrected chi connectivity index (χ0v) is 14.7. The summed E-state index contributed by atoms with van der Waals surface area (Å²) in [6.07, 6.45) is 4.74. The van der Waals surface area contributed by atoms with Crippen LogP contribution in [0.1, 0.15) is 36.5 Å².